The number of aryl methyl sites for hydroxylation is 3. The number of ether oxygens (including phenoxy) is 1. The highest BCUT2D eigenvalue weighted by molar-refractivity contribution is 7.99. The van der Waals surface area contributed by atoms with Crippen LogP contribution in [0.4, 0.5) is 0 Å². The van der Waals surface area contributed by atoms with Gasteiger partial charge in [0.1, 0.15) is 11.1 Å². The molecule has 3 heterocycles. The highest BCUT2D eigenvalue weighted by Crippen LogP contribution is 2.33. The van der Waals surface area contributed by atoms with Crippen LogP contribution >= 0.6 is 11.8 Å². The van der Waals surface area contributed by atoms with Gasteiger partial charge in [-0.2, -0.15) is 4.98 Å². The molecule has 0 N–H and O–H groups in total. The lowest BCUT2D eigenvalue weighted by Gasteiger charge is -2.31. The maximum Gasteiger partial charge on any atom is 0.256 e. The molecule has 8 heteroatoms. The molecule has 1 saturated heterocycles. The van der Waals surface area contributed by atoms with E-state index in [1.807, 2.05) is 6.07 Å². The van der Waals surface area contributed by atoms with Gasteiger partial charge in [-0.15, -0.1) is 0 Å². The van der Waals surface area contributed by atoms with E-state index in [-0.39, 0.29) is 5.91 Å². The smallest absolute Gasteiger partial charge is 0.256 e. The first-order valence-electron chi connectivity index (χ1n) is 9.42. The second-order valence-corrected chi connectivity index (χ2v) is 8.04. The molecule has 1 aromatic carbocycles. The molecule has 29 heavy (non-hydrogen) atoms. The summed E-state index contributed by atoms with van der Waals surface area (Å²) in [4.78, 5) is 24.9. The minimum atomic E-state index is -0.392. The lowest BCUT2D eigenvalue weighted by Crippen LogP contribution is -2.42. The van der Waals surface area contributed by atoms with Gasteiger partial charge in [0, 0.05) is 24.6 Å². The van der Waals surface area contributed by atoms with Crippen molar-refractivity contribution in [3.63, 3.8) is 0 Å². The standard InChI is InChI=1S/C21H22N4O3S/c1-13-6-7-14(2)18(11-13)29-20-16(5-4-8-22-20)21(26)25-9-10-27-17(12-25)19-23-15(3)28-24-19/h4-8,11,17H,9-10,12H2,1-3H3. The first-order chi connectivity index (χ1) is 14.0. The van der Waals surface area contributed by atoms with Gasteiger partial charge in [0.25, 0.3) is 5.91 Å². The van der Waals surface area contributed by atoms with Crippen LogP contribution in [0.25, 0.3) is 0 Å². The number of rotatable bonds is 4. The molecule has 1 atom stereocenters. The number of carbonyl (C=O) groups is 1. The van der Waals surface area contributed by atoms with Gasteiger partial charge in [0.15, 0.2) is 0 Å². The van der Waals surface area contributed by atoms with Gasteiger partial charge in [0.2, 0.25) is 11.7 Å². The lowest BCUT2D eigenvalue weighted by molar-refractivity contribution is -0.0277. The van der Waals surface area contributed by atoms with Crippen molar-refractivity contribution in [2.45, 2.75) is 36.8 Å². The van der Waals surface area contributed by atoms with Crippen molar-refractivity contribution in [3.8, 4) is 0 Å². The molecule has 7 nitrogen and oxygen atoms in total. The zero-order valence-corrected chi connectivity index (χ0v) is 17.4. The fourth-order valence-electron chi connectivity index (χ4n) is 3.16. The van der Waals surface area contributed by atoms with Crippen molar-refractivity contribution >= 4 is 17.7 Å². The van der Waals surface area contributed by atoms with Crippen LogP contribution in [0.1, 0.15) is 39.3 Å². The Kier molecular flexibility index (Phi) is 5.64. The van der Waals surface area contributed by atoms with Gasteiger partial charge in [-0.05, 0) is 43.2 Å². The van der Waals surface area contributed by atoms with E-state index in [4.69, 9.17) is 9.26 Å². The summed E-state index contributed by atoms with van der Waals surface area (Å²) in [5.41, 5.74) is 2.92. The molecule has 1 aliphatic heterocycles. The van der Waals surface area contributed by atoms with E-state index in [1.165, 1.54) is 17.3 Å². The zero-order chi connectivity index (χ0) is 20.4. The number of hydrogen-bond donors (Lipinski definition) is 0. The van der Waals surface area contributed by atoms with Crippen molar-refractivity contribution in [2.75, 3.05) is 19.7 Å². The minimum Gasteiger partial charge on any atom is -0.366 e. The molecule has 0 radical (unpaired) electrons. The normalized spacial score (nSPS) is 16.8. The van der Waals surface area contributed by atoms with Gasteiger partial charge in [-0.25, -0.2) is 4.98 Å². The van der Waals surface area contributed by atoms with E-state index in [0.29, 0.717) is 42.0 Å². The molecule has 4 rings (SSSR count). The fourth-order valence-corrected chi connectivity index (χ4v) is 4.22. The summed E-state index contributed by atoms with van der Waals surface area (Å²) in [6.45, 7) is 7.15. The Balaban J connectivity index is 1.56. The lowest BCUT2D eigenvalue weighted by atomic mass is 10.2. The molecule has 0 saturated carbocycles. The highest BCUT2D eigenvalue weighted by atomic mass is 32.2. The second kappa shape index (κ2) is 8.34. The second-order valence-electron chi connectivity index (χ2n) is 7.01. The highest BCUT2D eigenvalue weighted by Gasteiger charge is 2.30. The summed E-state index contributed by atoms with van der Waals surface area (Å²) in [5, 5.41) is 4.63. The Morgan fingerprint density at radius 1 is 1.24 bits per heavy atom. The van der Waals surface area contributed by atoms with Crippen LogP contribution in [-0.2, 0) is 4.74 Å². The van der Waals surface area contributed by atoms with Crippen molar-refractivity contribution in [2.24, 2.45) is 0 Å². The van der Waals surface area contributed by atoms with E-state index in [0.717, 1.165) is 10.5 Å². The minimum absolute atomic E-state index is 0.0700. The van der Waals surface area contributed by atoms with Crippen molar-refractivity contribution in [3.05, 3.63) is 64.9 Å². The van der Waals surface area contributed by atoms with Gasteiger partial charge >= 0.3 is 0 Å². The number of amides is 1. The molecule has 1 amide bonds. The average Bonchev–Trinajstić information content (AvgIpc) is 3.17. The summed E-state index contributed by atoms with van der Waals surface area (Å²) in [6, 6.07) is 9.90. The molecule has 0 bridgehead atoms. The molecule has 1 fully saturated rings. The topological polar surface area (TPSA) is 81.4 Å². The third kappa shape index (κ3) is 4.33. The van der Waals surface area contributed by atoms with E-state index >= 15 is 0 Å². The summed E-state index contributed by atoms with van der Waals surface area (Å²) in [7, 11) is 0. The summed E-state index contributed by atoms with van der Waals surface area (Å²) >= 11 is 1.52. The Labute approximate surface area is 173 Å². The van der Waals surface area contributed by atoms with E-state index in [1.54, 1.807) is 24.1 Å². The van der Waals surface area contributed by atoms with E-state index < -0.39 is 6.10 Å². The van der Waals surface area contributed by atoms with Gasteiger partial charge in [-0.3, -0.25) is 4.79 Å². The quantitative estimate of drug-likeness (QED) is 0.648. The largest absolute Gasteiger partial charge is 0.366 e. The van der Waals surface area contributed by atoms with Gasteiger partial charge < -0.3 is 14.2 Å². The Morgan fingerprint density at radius 3 is 2.90 bits per heavy atom. The van der Waals surface area contributed by atoms with Gasteiger partial charge in [0.05, 0.1) is 18.7 Å². The molecule has 1 unspecified atom stereocenters. The number of carbonyl (C=O) groups excluding carboxylic acids is 1. The van der Waals surface area contributed by atoms with Crippen molar-refractivity contribution in [1.29, 1.82) is 0 Å². The van der Waals surface area contributed by atoms with E-state index in [9.17, 15) is 4.79 Å². The van der Waals surface area contributed by atoms with Crippen LogP contribution in [0.5, 0.6) is 0 Å². The Morgan fingerprint density at radius 2 is 2.10 bits per heavy atom. The van der Waals surface area contributed by atoms with Crippen molar-refractivity contribution in [1.82, 2.24) is 20.0 Å². The maximum absolute atomic E-state index is 13.3. The van der Waals surface area contributed by atoms with Crippen molar-refractivity contribution < 1.29 is 14.1 Å². The SMILES string of the molecule is Cc1ccc(C)c(Sc2ncccc2C(=O)N2CCOC(c3noc(C)n3)C2)c1. The molecular formula is C21H22N4O3S. The molecule has 1 aliphatic rings. The predicted octanol–water partition coefficient (Wildman–Crippen LogP) is 3.75. The maximum atomic E-state index is 13.3. The third-order valence-electron chi connectivity index (χ3n) is 4.74. The first kappa shape index (κ1) is 19.6. The molecule has 150 valence electrons. The number of nitrogens with zero attached hydrogens (tertiary/aromatic N) is 4. The number of benzene rings is 1. The van der Waals surface area contributed by atoms with Crippen LogP contribution in [0.3, 0.4) is 0 Å². The predicted molar refractivity (Wildman–Crippen MR) is 108 cm³/mol. The molecule has 0 spiro atoms. The number of pyridine rings is 1. The Bertz CT molecular complexity index is 1040. The molecule has 0 aliphatic carbocycles. The van der Waals surface area contributed by atoms with Gasteiger partial charge in [-0.1, -0.05) is 29.1 Å². The first-order valence-corrected chi connectivity index (χ1v) is 10.2. The van der Waals surface area contributed by atoms with Crippen LogP contribution < -0.4 is 0 Å². The average molecular weight is 410 g/mol. The molecule has 3 aromatic rings. The van der Waals surface area contributed by atoms with Crippen LogP contribution in [0.15, 0.2) is 51.0 Å². The van der Waals surface area contributed by atoms with Crippen LogP contribution in [0, 0.1) is 20.8 Å². The van der Waals surface area contributed by atoms with Crippen LogP contribution in [-0.4, -0.2) is 45.6 Å². The number of morpholine rings is 1. The summed E-state index contributed by atoms with van der Waals surface area (Å²) in [5.74, 6) is 0.877. The number of hydrogen-bond acceptors (Lipinski definition) is 7. The third-order valence-corrected chi connectivity index (χ3v) is 5.92. The number of aromatic nitrogens is 3. The summed E-state index contributed by atoms with van der Waals surface area (Å²) in [6.07, 6.45) is 1.32. The zero-order valence-electron chi connectivity index (χ0n) is 16.6. The Hall–Kier alpha value is -2.71. The molecular weight excluding hydrogens is 388 g/mol. The fraction of sp³-hybridized carbons (Fsp3) is 0.333. The summed E-state index contributed by atoms with van der Waals surface area (Å²) < 4.78 is 10.8. The monoisotopic (exact) mass is 410 g/mol. The molecule has 2 aromatic heterocycles. The van der Waals surface area contributed by atoms with E-state index in [2.05, 4.69) is 47.2 Å². The van der Waals surface area contributed by atoms with Crippen LogP contribution in [0.2, 0.25) is 0 Å².